The molecule has 0 fully saturated rings. The Morgan fingerprint density at radius 1 is 0.562 bits per heavy atom. The van der Waals surface area contributed by atoms with E-state index in [4.69, 9.17) is 18.9 Å². The third kappa shape index (κ3) is 7.12. The third-order valence-electron chi connectivity index (χ3n) is 4.59. The van der Waals surface area contributed by atoms with Crippen LogP contribution in [0.4, 0.5) is 0 Å². The molecule has 0 spiro atoms. The lowest BCUT2D eigenvalue weighted by molar-refractivity contribution is 0.176. The van der Waals surface area contributed by atoms with E-state index in [9.17, 15) is 0 Å². The number of para-hydroxylation sites is 2. The summed E-state index contributed by atoms with van der Waals surface area (Å²) in [4.78, 5) is 0. The van der Waals surface area contributed by atoms with Crippen LogP contribution >= 0.6 is 0 Å². The van der Waals surface area contributed by atoms with Gasteiger partial charge in [-0.2, -0.15) is 0 Å². The predicted molar refractivity (Wildman–Crippen MR) is 130 cm³/mol. The van der Waals surface area contributed by atoms with Crippen LogP contribution in [-0.4, -0.2) is 26.4 Å². The Bertz CT molecular complexity index is 912. The van der Waals surface area contributed by atoms with E-state index in [0.717, 1.165) is 22.6 Å². The third-order valence-corrected chi connectivity index (χ3v) is 4.59. The molecule has 0 aliphatic carbocycles. The second-order valence-corrected chi connectivity index (χ2v) is 6.84. The zero-order chi connectivity index (χ0) is 22.4. The highest BCUT2D eigenvalue weighted by atomic mass is 16.5. The van der Waals surface area contributed by atoms with Gasteiger partial charge in [-0.05, 0) is 38.1 Å². The lowest BCUT2D eigenvalue weighted by Crippen LogP contribution is -2.02. The topological polar surface area (TPSA) is 36.9 Å². The number of hydrogen-bond acceptors (Lipinski definition) is 4. The fraction of sp³-hybridized carbons (Fsp3) is 0.214. The SMILES string of the molecule is CCOC/C=C(/Oc1ccccc1O/C(=C/COCC)c1ccccc1)c1ccccc1. The van der Waals surface area contributed by atoms with Crippen molar-refractivity contribution in [1.82, 2.24) is 0 Å². The highest BCUT2D eigenvalue weighted by Gasteiger charge is 2.12. The highest BCUT2D eigenvalue weighted by molar-refractivity contribution is 5.66. The van der Waals surface area contributed by atoms with Gasteiger partial charge in [0.15, 0.2) is 11.5 Å². The Labute approximate surface area is 190 Å². The van der Waals surface area contributed by atoms with Crippen LogP contribution in [-0.2, 0) is 9.47 Å². The van der Waals surface area contributed by atoms with Crippen molar-refractivity contribution in [2.24, 2.45) is 0 Å². The molecule has 0 atom stereocenters. The first kappa shape index (κ1) is 23.3. The maximum atomic E-state index is 6.34. The van der Waals surface area contributed by atoms with Crippen LogP contribution in [0.3, 0.4) is 0 Å². The van der Waals surface area contributed by atoms with E-state index in [1.54, 1.807) is 0 Å². The van der Waals surface area contributed by atoms with Gasteiger partial charge in [-0.1, -0.05) is 72.8 Å². The van der Waals surface area contributed by atoms with Gasteiger partial charge in [0.1, 0.15) is 11.5 Å². The van der Waals surface area contributed by atoms with Crippen molar-refractivity contribution in [3.63, 3.8) is 0 Å². The van der Waals surface area contributed by atoms with Crippen LogP contribution < -0.4 is 9.47 Å². The zero-order valence-electron chi connectivity index (χ0n) is 18.7. The largest absolute Gasteiger partial charge is 0.453 e. The molecule has 0 saturated carbocycles. The van der Waals surface area contributed by atoms with Crippen molar-refractivity contribution >= 4 is 11.5 Å². The number of rotatable bonds is 12. The predicted octanol–water partition coefficient (Wildman–Crippen LogP) is 6.60. The fourth-order valence-corrected chi connectivity index (χ4v) is 3.00. The average molecular weight is 431 g/mol. The summed E-state index contributed by atoms with van der Waals surface area (Å²) in [5.41, 5.74) is 1.94. The summed E-state index contributed by atoms with van der Waals surface area (Å²) in [7, 11) is 0. The molecule has 0 aliphatic heterocycles. The molecule has 32 heavy (non-hydrogen) atoms. The minimum Gasteiger partial charge on any atom is -0.453 e. The first-order valence-electron chi connectivity index (χ1n) is 10.9. The van der Waals surface area contributed by atoms with Gasteiger partial charge in [-0.25, -0.2) is 0 Å². The molecular weight excluding hydrogens is 400 g/mol. The number of benzene rings is 3. The maximum Gasteiger partial charge on any atom is 0.169 e. The summed E-state index contributed by atoms with van der Waals surface area (Å²) in [5, 5.41) is 0. The second-order valence-electron chi connectivity index (χ2n) is 6.84. The Kier molecular flexibility index (Phi) is 9.59. The van der Waals surface area contributed by atoms with Crippen LogP contribution in [0.15, 0.2) is 97.1 Å². The molecule has 4 nitrogen and oxygen atoms in total. The summed E-state index contributed by atoms with van der Waals surface area (Å²) < 4.78 is 23.7. The Morgan fingerprint density at radius 2 is 0.938 bits per heavy atom. The Hall–Kier alpha value is -3.34. The van der Waals surface area contributed by atoms with Gasteiger partial charge in [0.2, 0.25) is 0 Å². The molecule has 3 rings (SSSR count). The van der Waals surface area contributed by atoms with Crippen molar-refractivity contribution in [2.75, 3.05) is 26.4 Å². The fourth-order valence-electron chi connectivity index (χ4n) is 3.00. The molecule has 0 aliphatic rings. The highest BCUT2D eigenvalue weighted by Crippen LogP contribution is 2.33. The lowest BCUT2D eigenvalue weighted by atomic mass is 10.1. The van der Waals surface area contributed by atoms with Crippen molar-refractivity contribution in [2.45, 2.75) is 13.8 Å². The molecule has 0 radical (unpaired) electrons. The minimum absolute atomic E-state index is 0.466. The quantitative estimate of drug-likeness (QED) is 0.240. The smallest absolute Gasteiger partial charge is 0.169 e. The van der Waals surface area contributed by atoms with Gasteiger partial charge in [-0.3, -0.25) is 0 Å². The van der Waals surface area contributed by atoms with Gasteiger partial charge in [0, 0.05) is 24.3 Å². The van der Waals surface area contributed by atoms with Crippen molar-refractivity contribution in [3.05, 3.63) is 108 Å². The first-order valence-corrected chi connectivity index (χ1v) is 10.9. The van der Waals surface area contributed by atoms with Gasteiger partial charge in [-0.15, -0.1) is 0 Å². The van der Waals surface area contributed by atoms with Crippen molar-refractivity contribution < 1.29 is 18.9 Å². The summed E-state index contributed by atoms with van der Waals surface area (Å²) in [6, 6.07) is 27.6. The first-order chi connectivity index (χ1) is 15.8. The van der Waals surface area contributed by atoms with E-state index in [1.807, 2.05) is 111 Å². The summed E-state index contributed by atoms with van der Waals surface area (Å²) in [5.74, 6) is 2.68. The van der Waals surface area contributed by atoms with Gasteiger partial charge >= 0.3 is 0 Å². The van der Waals surface area contributed by atoms with Gasteiger partial charge in [0.05, 0.1) is 13.2 Å². The molecule has 0 bridgehead atoms. The minimum atomic E-state index is 0.466. The second kappa shape index (κ2) is 13.2. The van der Waals surface area contributed by atoms with E-state index in [1.165, 1.54) is 0 Å². The molecule has 0 heterocycles. The van der Waals surface area contributed by atoms with Crippen LogP contribution in [0.2, 0.25) is 0 Å². The summed E-state index contributed by atoms with van der Waals surface area (Å²) in [6.07, 6.45) is 3.89. The molecule has 4 heteroatoms. The molecule has 0 amide bonds. The molecular formula is C28H30O4. The molecule has 0 saturated heterocycles. The van der Waals surface area contributed by atoms with E-state index in [2.05, 4.69) is 0 Å². The standard InChI is InChI=1S/C28H30O4/c1-3-29-21-19-25(23-13-7-5-8-14-23)31-27-17-11-12-18-28(27)32-26(20-22-30-4-2)24-15-9-6-10-16-24/h5-20H,3-4,21-22H2,1-2H3/b25-19+,26-20+. The van der Waals surface area contributed by atoms with Crippen LogP contribution in [0, 0.1) is 0 Å². The molecule has 166 valence electrons. The lowest BCUT2D eigenvalue weighted by Gasteiger charge is -2.17. The molecule has 0 N–H and O–H groups in total. The van der Waals surface area contributed by atoms with E-state index in [-0.39, 0.29) is 0 Å². The van der Waals surface area contributed by atoms with E-state index in [0.29, 0.717) is 37.9 Å². The van der Waals surface area contributed by atoms with E-state index < -0.39 is 0 Å². The Morgan fingerprint density at radius 3 is 1.31 bits per heavy atom. The number of hydrogen-bond donors (Lipinski definition) is 0. The molecule has 0 unspecified atom stereocenters. The van der Waals surface area contributed by atoms with Crippen LogP contribution in [0.1, 0.15) is 25.0 Å². The number of ether oxygens (including phenoxy) is 4. The van der Waals surface area contributed by atoms with E-state index >= 15 is 0 Å². The van der Waals surface area contributed by atoms with Crippen LogP contribution in [0.5, 0.6) is 11.5 Å². The molecule has 0 aromatic heterocycles. The van der Waals surface area contributed by atoms with Gasteiger partial charge in [0.25, 0.3) is 0 Å². The molecule has 3 aromatic carbocycles. The summed E-state index contributed by atoms with van der Waals surface area (Å²) >= 11 is 0. The summed E-state index contributed by atoms with van der Waals surface area (Å²) in [6.45, 7) is 6.16. The van der Waals surface area contributed by atoms with Crippen LogP contribution in [0.25, 0.3) is 11.5 Å². The van der Waals surface area contributed by atoms with Gasteiger partial charge < -0.3 is 18.9 Å². The Balaban J connectivity index is 1.89. The zero-order valence-corrected chi connectivity index (χ0v) is 18.7. The normalized spacial score (nSPS) is 11.9. The maximum absolute atomic E-state index is 6.34. The molecule has 3 aromatic rings. The van der Waals surface area contributed by atoms with Crippen molar-refractivity contribution in [1.29, 1.82) is 0 Å². The van der Waals surface area contributed by atoms with Crippen molar-refractivity contribution in [3.8, 4) is 11.5 Å². The average Bonchev–Trinajstić information content (AvgIpc) is 2.85. The monoisotopic (exact) mass is 430 g/mol.